The maximum Gasteiger partial charge on any atom is 0.104 e. The second-order valence-electron chi connectivity index (χ2n) is 19.3. The number of aromatic nitrogens is 4. The van der Waals surface area contributed by atoms with Crippen molar-refractivity contribution in [2.45, 2.75) is 0 Å². The third-order valence-corrected chi connectivity index (χ3v) is 15.8. The summed E-state index contributed by atoms with van der Waals surface area (Å²) in [5.74, 6) is 0. The van der Waals surface area contributed by atoms with Crippen molar-refractivity contribution in [3.63, 3.8) is 0 Å². The topological polar surface area (TPSA) is 67.3 Å². The monoisotopic (exact) mass is 938 g/mol. The Hall–Kier alpha value is -10.4. The van der Waals surface area contributed by atoms with E-state index in [1.54, 1.807) is 0 Å². The molecule has 0 amide bonds. The molecule has 0 bridgehead atoms. The summed E-state index contributed by atoms with van der Waals surface area (Å²) in [6.07, 6.45) is 0. The normalized spacial score (nSPS) is 12.0. The standard InChI is InChI=1S/C68H38N6/c69-39-52-65(72-56-30-14-9-25-49(56)62-44-20-4-1-17-41(44)33-36-59(62)72)53(40-70)67(74-58-32-16-11-27-51(58)64-46-22-6-3-19-43(46)35-38-61(64)74)68(71-54-28-12-7-23-47(54)48-24-8-13-29-55(48)71)66(52)73-57-31-15-10-26-50(57)63-45-21-5-2-18-42(45)34-37-60(63)73/h1-38H. The Balaban J connectivity index is 1.25. The predicted octanol–water partition coefficient (Wildman–Crippen LogP) is 17.3. The fraction of sp³-hybridized carbons (Fsp3) is 0. The zero-order valence-corrected chi connectivity index (χ0v) is 39.6. The Labute approximate surface area is 422 Å². The SMILES string of the molecule is N#Cc1c(-n2c3ccccc3c3c4ccccc4ccc32)c(C#N)c(-n2c3ccccc3c3c4ccccc4ccc32)c(-n2c3ccccc3c3ccccc32)c1-n1c2ccccc2c2c3ccccc3ccc21. The maximum atomic E-state index is 12.6. The van der Waals surface area contributed by atoms with E-state index < -0.39 is 0 Å². The van der Waals surface area contributed by atoms with E-state index in [0.29, 0.717) is 28.2 Å². The third-order valence-electron chi connectivity index (χ3n) is 15.8. The van der Waals surface area contributed by atoms with E-state index >= 15 is 0 Å². The summed E-state index contributed by atoms with van der Waals surface area (Å²) in [4.78, 5) is 0. The van der Waals surface area contributed by atoms with Gasteiger partial charge in [0.05, 0.1) is 66.9 Å². The number of nitriles is 2. The molecule has 0 aliphatic carbocycles. The molecule has 6 nitrogen and oxygen atoms in total. The molecule has 0 saturated carbocycles. The van der Waals surface area contributed by atoms with E-state index in [4.69, 9.17) is 0 Å². The Morgan fingerprint density at radius 3 is 0.811 bits per heavy atom. The molecule has 4 heterocycles. The molecule has 0 aliphatic rings. The molecule has 12 aromatic carbocycles. The molecule has 0 saturated heterocycles. The van der Waals surface area contributed by atoms with Gasteiger partial charge in [-0.3, -0.25) is 0 Å². The van der Waals surface area contributed by atoms with Crippen LogP contribution in [-0.2, 0) is 0 Å². The highest BCUT2D eigenvalue weighted by Gasteiger charge is 2.35. The minimum absolute atomic E-state index is 0.375. The molecule has 16 rings (SSSR count). The van der Waals surface area contributed by atoms with Crippen LogP contribution >= 0.6 is 0 Å². The Bertz CT molecular complexity index is 4990. The lowest BCUT2D eigenvalue weighted by molar-refractivity contribution is 1.02. The van der Waals surface area contributed by atoms with Crippen LogP contribution in [0.1, 0.15) is 11.1 Å². The maximum absolute atomic E-state index is 12.6. The van der Waals surface area contributed by atoms with Crippen LogP contribution in [0.5, 0.6) is 0 Å². The van der Waals surface area contributed by atoms with Gasteiger partial charge in [-0.1, -0.05) is 182 Å². The first kappa shape index (κ1) is 40.3. The number of hydrogen-bond donors (Lipinski definition) is 0. The van der Waals surface area contributed by atoms with Crippen molar-refractivity contribution in [3.8, 4) is 34.9 Å². The lowest BCUT2D eigenvalue weighted by Crippen LogP contribution is -2.16. The van der Waals surface area contributed by atoms with E-state index in [1.165, 1.54) is 0 Å². The van der Waals surface area contributed by atoms with Gasteiger partial charge in [-0.05, 0) is 80.8 Å². The van der Waals surface area contributed by atoms with Crippen molar-refractivity contribution in [2.24, 2.45) is 0 Å². The molecule has 74 heavy (non-hydrogen) atoms. The first-order valence-electron chi connectivity index (χ1n) is 25.0. The molecular weight excluding hydrogens is 901 g/mol. The van der Waals surface area contributed by atoms with Gasteiger partial charge in [0.2, 0.25) is 0 Å². The van der Waals surface area contributed by atoms with Crippen molar-refractivity contribution in [2.75, 3.05) is 0 Å². The van der Waals surface area contributed by atoms with Crippen LogP contribution in [0.3, 0.4) is 0 Å². The number of benzene rings is 12. The van der Waals surface area contributed by atoms with Gasteiger partial charge in [0.25, 0.3) is 0 Å². The highest BCUT2D eigenvalue weighted by molar-refractivity contribution is 6.25. The summed E-state index contributed by atoms with van der Waals surface area (Å²) < 4.78 is 9.21. The van der Waals surface area contributed by atoms with Gasteiger partial charge in [-0.2, -0.15) is 10.5 Å². The molecule has 4 aromatic heterocycles. The quantitative estimate of drug-likeness (QED) is 0.176. The van der Waals surface area contributed by atoms with Crippen LogP contribution in [-0.4, -0.2) is 18.3 Å². The average Bonchev–Trinajstić information content (AvgIpc) is 4.19. The van der Waals surface area contributed by atoms with Crippen molar-refractivity contribution < 1.29 is 0 Å². The van der Waals surface area contributed by atoms with E-state index in [0.717, 1.165) is 125 Å². The van der Waals surface area contributed by atoms with Gasteiger partial charge in [-0.25, -0.2) is 0 Å². The number of fused-ring (bicyclic) bond motifs is 18. The minimum Gasteiger partial charge on any atom is -0.306 e. The van der Waals surface area contributed by atoms with Crippen molar-refractivity contribution >= 4 is 120 Å². The molecule has 0 spiro atoms. The van der Waals surface area contributed by atoms with Crippen molar-refractivity contribution in [1.82, 2.24) is 18.3 Å². The van der Waals surface area contributed by atoms with Crippen LogP contribution in [0, 0.1) is 22.7 Å². The van der Waals surface area contributed by atoms with Crippen LogP contribution in [0.15, 0.2) is 231 Å². The lowest BCUT2D eigenvalue weighted by atomic mass is 9.98. The molecule has 0 unspecified atom stereocenters. The van der Waals surface area contributed by atoms with E-state index in [2.05, 4.69) is 261 Å². The number of rotatable bonds is 4. The van der Waals surface area contributed by atoms with E-state index in [9.17, 15) is 10.5 Å². The molecule has 0 radical (unpaired) electrons. The summed E-state index contributed by atoms with van der Waals surface area (Å²) >= 11 is 0. The summed E-state index contributed by atoms with van der Waals surface area (Å²) in [7, 11) is 0. The zero-order valence-electron chi connectivity index (χ0n) is 39.6. The van der Waals surface area contributed by atoms with Crippen LogP contribution < -0.4 is 0 Å². The molecule has 0 N–H and O–H groups in total. The van der Waals surface area contributed by atoms with Crippen molar-refractivity contribution in [3.05, 3.63) is 242 Å². The zero-order chi connectivity index (χ0) is 48.8. The summed E-state index contributed by atoms with van der Waals surface area (Å²) in [6.45, 7) is 0. The van der Waals surface area contributed by atoms with E-state index in [-0.39, 0.29) is 0 Å². The second kappa shape index (κ2) is 15.1. The summed E-state index contributed by atoms with van der Waals surface area (Å²) in [5.41, 5.74) is 10.8. The fourth-order valence-corrected chi connectivity index (χ4v) is 12.9. The van der Waals surface area contributed by atoms with Gasteiger partial charge in [0.15, 0.2) is 0 Å². The first-order valence-corrected chi connectivity index (χ1v) is 25.0. The van der Waals surface area contributed by atoms with Crippen LogP contribution in [0.2, 0.25) is 0 Å². The molecule has 16 aromatic rings. The smallest absolute Gasteiger partial charge is 0.104 e. The molecule has 6 heteroatoms. The number of para-hydroxylation sites is 5. The Morgan fingerprint density at radius 2 is 0.473 bits per heavy atom. The highest BCUT2D eigenvalue weighted by atomic mass is 15.1. The predicted molar refractivity (Wildman–Crippen MR) is 306 cm³/mol. The third kappa shape index (κ3) is 5.20. The minimum atomic E-state index is 0.375. The molecule has 0 aliphatic heterocycles. The number of hydrogen-bond acceptors (Lipinski definition) is 2. The van der Waals surface area contributed by atoms with Crippen molar-refractivity contribution in [1.29, 1.82) is 10.5 Å². The average molecular weight is 939 g/mol. The highest BCUT2D eigenvalue weighted by Crippen LogP contribution is 2.50. The Kier molecular flexibility index (Phi) is 8.21. The molecule has 0 fully saturated rings. The van der Waals surface area contributed by atoms with Crippen LogP contribution in [0.25, 0.3) is 142 Å². The number of nitrogens with zero attached hydrogens (tertiary/aromatic N) is 6. The van der Waals surface area contributed by atoms with Gasteiger partial charge < -0.3 is 18.3 Å². The lowest BCUT2D eigenvalue weighted by Gasteiger charge is -2.27. The largest absolute Gasteiger partial charge is 0.306 e. The fourth-order valence-electron chi connectivity index (χ4n) is 12.9. The van der Waals surface area contributed by atoms with E-state index in [1.807, 2.05) is 0 Å². The summed E-state index contributed by atoms with van der Waals surface area (Å²) in [5, 5.41) is 40.4. The van der Waals surface area contributed by atoms with Gasteiger partial charge in [0.1, 0.15) is 23.3 Å². The molecule has 340 valence electrons. The van der Waals surface area contributed by atoms with Gasteiger partial charge in [-0.15, -0.1) is 0 Å². The molecular formula is C68H38N6. The Morgan fingerprint density at radius 1 is 0.216 bits per heavy atom. The van der Waals surface area contributed by atoms with Gasteiger partial charge in [0, 0.05) is 43.1 Å². The first-order chi connectivity index (χ1) is 36.7. The summed E-state index contributed by atoms with van der Waals surface area (Å²) in [6, 6.07) is 87.2. The molecule has 0 atom stereocenters. The van der Waals surface area contributed by atoms with Gasteiger partial charge >= 0.3 is 0 Å². The van der Waals surface area contributed by atoms with Crippen LogP contribution in [0.4, 0.5) is 0 Å². The second-order valence-corrected chi connectivity index (χ2v) is 19.3.